The molecule has 4 aromatic heterocycles. The van der Waals surface area contributed by atoms with Gasteiger partial charge in [-0.1, -0.05) is 0 Å². The monoisotopic (exact) mass is 465 g/mol. The van der Waals surface area contributed by atoms with E-state index in [0.29, 0.717) is 28.5 Å². The van der Waals surface area contributed by atoms with Crippen molar-refractivity contribution in [3.63, 3.8) is 0 Å². The molecule has 0 aliphatic heterocycles. The Morgan fingerprint density at radius 1 is 1.15 bits per heavy atom. The molecule has 0 fully saturated rings. The molecule has 11 heteroatoms. The Hall–Kier alpha value is -4.33. The first-order chi connectivity index (χ1) is 16.2. The Morgan fingerprint density at radius 3 is 2.68 bits per heavy atom. The van der Waals surface area contributed by atoms with E-state index in [1.165, 1.54) is 12.3 Å². The Kier molecular flexibility index (Phi) is 6.23. The SMILES string of the molecule is Cc1ccc(Nc2cc3cc(-c4cc(OC(F)F)ncc4OCC(C)(C)C#N)ccn3n2)nn1. The molecular formula is C23H21F2N7O2. The highest BCUT2D eigenvalue weighted by Gasteiger charge is 2.20. The molecule has 0 amide bonds. The predicted molar refractivity (Wildman–Crippen MR) is 120 cm³/mol. The van der Waals surface area contributed by atoms with Gasteiger partial charge in [-0.05, 0) is 50.6 Å². The number of nitrogens with zero attached hydrogens (tertiary/aromatic N) is 6. The average molecular weight is 465 g/mol. The van der Waals surface area contributed by atoms with Gasteiger partial charge in [0.25, 0.3) is 0 Å². The summed E-state index contributed by atoms with van der Waals surface area (Å²) >= 11 is 0. The van der Waals surface area contributed by atoms with Gasteiger partial charge < -0.3 is 14.8 Å². The largest absolute Gasteiger partial charge is 0.490 e. The molecule has 4 aromatic rings. The van der Waals surface area contributed by atoms with E-state index in [2.05, 4.69) is 36.4 Å². The van der Waals surface area contributed by atoms with Crippen molar-refractivity contribution in [1.29, 1.82) is 5.26 Å². The molecule has 34 heavy (non-hydrogen) atoms. The zero-order valence-corrected chi connectivity index (χ0v) is 18.7. The molecule has 0 aliphatic rings. The maximum absolute atomic E-state index is 12.8. The number of anilines is 2. The van der Waals surface area contributed by atoms with E-state index in [1.54, 1.807) is 36.7 Å². The first-order valence-electron chi connectivity index (χ1n) is 10.3. The molecule has 1 N–H and O–H groups in total. The van der Waals surface area contributed by atoms with Crippen LogP contribution in [0.5, 0.6) is 11.6 Å². The van der Waals surface area contributed by atoms with Crippen LogP contribution in [-0.2, 0) is 0 Å². The van der Waals surface area contributed by atoms with Crippen LogP contribution in [0.2, 0.25) is 0 Å². The van der Waals surface area contributed by atoms with E-state index in [9.17, 15) is 14.0 Å². The molecule has 0 saturated heterocycles. The standard InChI is InChI=1S/C23H21F2N7O2/c1-14-4-5-19(30-29-14)28-20-9-16-8-15(6-7-32(16)31-20)17-10-21(34-22(24)25)27-11-18(17)33-13-23(2,3)12-26/h4-11,22H,13H2,1-3H3,(H,28,30,31). The smallest absolute Gasteiger partial charge is 0.388 e. The highest BCUT2D eigenvalue weighted by Crippen LogP contribution is 2.34. The first kappa shape index (κ1) is 22.8. The highest BCUT2D eigenvalue weighted by molar-refractivity contribution is 5.75. The van der Waals surface area contributed by atoms with Crippen molar-refractivity contribution in [2.75, 3.05) is 11.9 Å². The van der Waals surface area contributed by atoms with Crippen molar-refractivity contribution in [3.8, 4) is 28.8 Å². The molecule has 0 unspecified atom stereocenters. The number of nitrogens with one attached hydrogen (secondary N) is 1. The van der Waals surface area contributed by atoms with E-state index in [1.807, 2.05) is 25.1 Å². The molecule has 0 radical (unpaired) electrons. The lowest BCUT2D eigenvalue weighted by atomic mass is 9.97. The number of aryl methyl sites for hydroxylation is 1. The predicted octanol–water partition coefficient (Wildman–Crippen LogP) is 4.77. The summed E-state index contributed by atoms with van der Waals surface area (Å²) in [6.07, 6.45) is 3.04. The van der Waals surface area contributed by atoms with E-state index < -0.39 is 12.0 Å². The summed E-state index contributed by atoms with van der Waals surface area (Å²) in [5.41, 5.74) is 1.94. The molecule has 0 aromatic carbocycles. The fraction of sp³-hybridized carbons (Fsp3) is 0.261. The van der Waals surface area contributed by atoms with Gasteiger partial charge in [-0.15, -0.1) is 5.10 Å². The molecule has 0 spiro atoms. The van der Waals surface area contributed by atoms with E-state index in [-0.39, 0.29) is 12.5 Å². The number of hydrogen-bond acceptors (Lipinski definition) is 8. The van der Waals surface area contributed by atoms with Crippen molar-refractivity contribution >= 4 is 17.2 Å². The van der Waals surface area contributed by atoms with Crippen molar-refractivity contribution < 1.29 is 18.3 Å². The molecule has 0 bridgehead atoms. The van der Waals surface area contributed by atoms with Crippen LogP contribution in [0.1, 0.15) is 19.5 Å². The van der Waals surface area contributed by atoms with Crippen LogP contribution in [0.4, 0.5) is 20.4 Å². The molecule has 9 nitrogen and oxygen atoms in total. The van der Waals surface area contributed by atoms with Crippen LogP contribution in [0.25, 0.3) is 16.6 Å². The highest BCUT2D eigenvalue weighted by atomic mass is 19.3. The minimum atomic E-state index is -3.01. The maximum atomic E-state index is 12.8. The third-order valence-electron chi connectivity index (χ3n) is 4.77. The van der Waals surface area contributed by atoms with Gasteiger partial charge in [0.2, 0.25) is 5.88 Å². The minimum absolute atomic E-state index is 0.0911. The summed E-state index contributed by atoms with van der Waals surface area (Å²) < 4.78 is 37.5. The molecular weight excluding hydrogens is 444 g/mol. The van der Waals surface area contributed by atoms with Gasteiger partial charge >= 0.3 is 6.61 Å². The second kappa shape index (κ2) is 9.27. The number of aromatic nitrogens is 5. The van der Waals surface area contributed by atoms with Crippen molar-refractivity contribution in [2.45, 2.75) is 27.4 Å². The number of rotatable bonds is 8. The lowest BCUT2D eigenvalue weighted by Gasteiger charge is -2.18. The van der Waals surface area contributed by atoms with Crippen molar-refractivity contribution in [1.82, 2.24) is 24.8 Å². The number of ether oxygens (including phenoxy) is 2. The van der Waals surface area contributed by atoms with Gasteiger partial charge in [0.05, 0.1) is 28.9 Å². The summed E-state index contributed by atoms with van der Waals surface area (Å²) in [5.74, 6) is 1.19. The number of nitriles is 1. The summed E-state index contributed by atoms with van der Waals surface area (Å²) in [7, 11) is 0. The van der Waals surface area contributed by atoms with Gasteiger partial charge in [-0.3, -0.25) is 0 Å². The number of fused-ring (bicyclic) bond motifs is 1. The topological polar surface area (TPSA) is 110 Å². The van der Waals surface area contributed by atoms with Gasteiger partial charge in [-0.2, -0.15) is 24.2 Å². The molecule has 174 valence electrons. The Morgan fingerprint density at radius 2 is 1.97 bits per heavy atom. The maximum Gasteiger partial charge on any atom is 0.388 e. The van der Waals surface area contributed by atoms with Gasteiger partial charge in [-0.25, -0.2) is 9.50 Å². The number of halogens is 2. The van der Waals surface area contributed by atoms with E-state index >= 15 is 0 Å². The fourth-order valence-electron chi connectivity index (χ4n) is 3.03. The fourth-order valence-corrected chi connectivity index (χ4v) is 3.03. The third-order valence-corrected chi connectivity index (χ3v) is 4.77. The first-order valence-corrected chi connectivity index (χ1v) is 10.3. The molecule has 4 heterocycles. The van der Waals surface area contributed by atoms with Gasteiger partial charge in [0, 0.05) is 23.9 Å². The molecule has 0 saturated carbocycles. The van der Waals surface area contributed by atoms with Crippen LogP contribution in [0.15, 0.2) is 48.8 Å². The van der Waals surface area contributed by atoms with Crippen LogP contribution < -0.4 is 14.8 Å². The number of pyridine rings is 2. The Labute approximate surface area is 194 Å². The number of hydrogen-bond donors (Lipinski definition) is 1. The lowest BCUT2D eigenvalue weighted by Crippen LogP contribution is -2.19. The number of alkyl halides is 2. The molecule has 0 atom stereocenters. The quantitative estimate of drug-likeness (QED) is 0.396. The Bertz CT molecular complexity index is 1350. The van der Waals surface area contributed by atoms with Crippen LogP contribution in [0, 0.1) is 23.7 Å². The zero-order valence-electron chi connectivity index (χ0n) is 18.7. The average Bonchev–Trinajstić information content (AvgIpc) is 3.21. The second-order valence-corrected chi connectivity index (χ2v) is 8.18. The lowest BCUT2D eigenvalue weighted by molar-refractivity contribution is -0.0528. The second-order valence-electron chi connectivity index (χ2n) is 8.18. The van der Waals surface area contributed by atoms with Crippen molar-refractivity contribution in [2.24, 2.45) is 5.41 Å². The van der Waals surface area contributed by atoms with E-state index in [0.717, 1.165) is 11.2 Å². The zero-order chi connectivity index (χ0) is 24.3. The molecule has 4 rings (SSSR count). The summed E-state index contributed by atoms with van der Waals surface area (Å²) in [4.78, 5) is 3.90. The Balaban J connectivity index is 1.67. The normalized spacial score (nSPS) is 11.4. The van der Waals surface area contributed by atoms with Crippen LogP contribution in [0.3, 0.4) is 0 Å². The third kappa shape index (κ3) is 5.35. The summed E-state index contributed by atoms with van der Waals surface area (Å²) in [6, 6.07) is 12.6. The van der Waals surface area contributed by atoms with Gasteiger partial charge in [0.15, 0.2) is 11.6 Å². The summed E-state index contributed by atoms with van der Waals surface area (Å²) in [5, 5.41) is 24.9. The molecule has 0 aliphatic carbocycles. The van der Waals surface area contributed by atoms with Crippen LogP contribution in [-0.4, -0.2) is 38.0 Å². The van der Waals surface area contributed by atoms with Gasteiger partial charge in [0.1, 0.15) is 12.4 Å². The van der Waals surface area contributed by atoms with Crippen LogP contribution >= 0.6 is 0 Å². The van der Waals surface area contributed by atoms with E-state index in [4.69, 9.17) is 4.74 Å². The van der Waals surface area contributed by atoms with Crippen molar-refractivity contribution in [3.05, 3.63) is 54.5 Å². The summed E-state index contributed by atoms with van der Waals surface area (Å²) in [6.45, 7) is 2.40. The minimum Gasteiger partial charge on any atom is -0.490 e.